The summed E-state index contributed by atoms with van der Waals surface area (Å²) in [6.45, 7) is 6.67. The van der Waals surface area contributed by atoms with Gasteiger partial charge in [0.15, 0.2) is 0 Å². The molecular weight excluding hydrogens is 494 g/mol. The lowest BCUT2D eigenvalue weighted by atomic mass is 10.1. The fourth-order valence-corrected chi connectivity index (χ4v) is 5.25. The SMILES string of the molecule is C=CC(=O)Nc1cc(Nc2ncc(C#N)c(-c3cn4c5c(cccc35)OCC4)n2)c(OC)cc1N1CCCC1. The Hall–Kier alpha value is -5.04. The number of nitrogens with zero attached hydrogens (tertiary/aromatic N) is 5. The highest BCUT2D eigenvalue weighted by Gasteiger charge is 2.23. The molecule has 1 amide bonds. The molecule has 1 fully saturated rings. The highest BCUT2D eigenvalue weighted by atomic mass is 16.5. The van der Waals surface area contributed by atoms with E-state index >= 15 is 0 Å². The lowest BCUT2D eigenvalue weighted by molar-refractivity contribution is -0.111. The molecule has 10 nitrogen and oxygen atoms in total. The van der Waals surface area contributed by atoms with E-state index in [2.05, 4.69) is 37.7 Å². The molecule has 2 aromatic carbocycles. The Labute approximate surface area is 225 Å². The minimum Gasteiger partial charge on any atom is -0.494 e. The second-order valence-electron chi connectivity index (χ2n) is 9.39. The van der Waals surface area contributed by atoms with Crippen molar-refractivity contribution in [2.45, 2.75) is 19.4 Å². The molecule has 0 aliphatic carbocycles. The molecule has 2 N–H and O–H groups in total. The first-order valence-electron chi connectivity index (χ1n) is 12.8. The summed E-state index contributed by atoms with van der Waals surface area (Å²) in [6.07, 6.45) is 6.94. The van der Waals surface area contributed by atoms with Gasteiger partial charge in [-0.15, -0.1) is 0 Å². The zero-order valence-corrected chi connectivity index (χ0v) is 21.5. The molecule has 196 valence electrons. The lowest BCUT2D eigenvalue weighted by Crippen LogP contribution is -2.21. The number of aromatic nitrogens is 3. The van der Waals surface area contributed by atoms with Crippen molar-refractivity contribution >= 4 is 39.8 Å². The summed E-state index contributed by atoms with van der Waals surface area (Å²) in [7, 11) is 1.59. The zero-order valence-electron chi connectivity index (χ0n) is 21.5. The summed E-state index contributed by atoms with van der Waals surface area (Å²) >= 11 is 0. The van der Waals surface area contributed by atoms with Gasteiger partial charge in [-0.25, -0.2) is 9.97 Å². The first-order chi connectivity index (χ1) is 19.1. The Kier molecular flexibility index (Phi) is 6.25. The summed E-state index contributed by atoms with van der Waals surface area (Å²) in [4.78, 5) is 23.6. The molecular formula is C29H27N7O3. The number of benzene rings is 2. The Morgan fingerprint density at radius 3 is 2.85 bits per heavy atom. The fourth-order valence-electron chi connectivity index (χ4n) is 5.25. The van der Waals surface area contributed by atoms with Crippen molar-refractivity contribution in [2.75, 3.05) is 42.3 Å². The third kappa shape index (κ3) is 4.38. The van der Waals surface area contributed by atoms with Crippen LogP contribution in [0.2, 0.25) is 0 Å². The van der Waals surface area contributed by atoms with Gasteiger partial charge in [-0.2, -0.15) is 5.26 Å². The van der Waals surface area contributed by atoms with Crippen LogP contribution >= 0.6 is 0 Å². The van der Waals surface area contributed by atoms with Crippen LogP contribution in [0, 0.1) is 11.3 Å². The maximum Gasteiger partial charge on any atom is 0.247 e. The number of amides is 1. The first kappa shape index (κ1) is 24.3. The van der Waals surface area contributed by atoms with Crippen molar-refractivity contribution in [1.29, 1.82) is 5.26 Å². The quantitative estimate of drug-likeness (QED) is 0.332. The highest BCUT2D eigenvalue weighted by Crippen LogP contribution is 2.41. The summed E-state index contributed by atoms with van der Waals surface area (Å²) in [5.41, 5.74) is 4.78. The van der Waals surface area contributed by atoms with Gasteiger partial charge in [-0.05, 0) is 31.1 Å². The average Bonchev–Trinajstić information content (AvgIpc) is 3.63. The second-order valence-corrected chi connectivity index (χ2v) is 9.39. The van der Waals surface area contributed by atoms with Gasteiger partial charge in [0.2, 0.25) is 11.9 Å². The Balaban J connectivity index is 1.42. The van der Waals surface area contributed by atoms with Gasteiger partial charge in [0.25, 0.3) is 0 Å². The van der Waals surface area contributed by atoms with E-state index in [1.54, 1.807) is 7.11 Å². The molecule has 39 heavy (non-hydrogen) atoms. The van der Waals surface area contributed by atoms with E-state index in [-0.39, 0.29) is 5.91 Å². The first-order valence-corrected chi connectivity index (χ1v) is 12.8. The number of anilines is 4. The number of nitrogens with one attached hydrogen (secondary N) is 2. The molecule has 0 unspecified atom stereocenters. The van der Waals surface area contributed by atoms with E-state index in [1.807, 2.05) is 36.5 Å². The highest BCUT2D eigenvalue weighted by molar-refractivity contribution is 6.02. The topological polar surface area (TPSA) is 117 Å². The molecule has 0 atom stereocenters. The summed E-state index contributed by atoms with van der Waals surface area (Å²) in [5.74, 6) is 1.38. The van der Waals surface area contributed by atoms with E-state index in [0.717, 1.165) is 53.8 Å². The molecule has 2 aromatic heterocycles. The molecule has 4 heterocycles. The number of hydrogen-bond acceptors (Lipinski definition) is 8. The lowest BCUT2D eigenvalue weighted by Gasteiger charge is -2.24. The number of hydrogen-bond donors (Lipinski definition) is 2. The van der Waals surface area contributed by atoms with E-state index in [4.69, 9.17) is 14.5 Å². The van der Waals surface area contributed by atoms with Crippen molar-refractivity contribution in [3.8, 4) is 28.8 Å². The fraction of sp³-hybridized carbons (Fsp3) is 0.241. The van der Waals surface area contributed by atoms with Gasteiger partial charge in [0.1, 0.15) is 24.2 Å². The van der Waals surface area contributed by atoms with Crippen LogP contribution in [0.4, 0.5) is 23.0 Å². The molecule has 0 saturated carbocycles. The maximum absolute atomic E-state index is 12.2. The van der Waals surface area contributed by atoms with Crippen LogP contribution < -0.4 is 25.0 Å². The number of methoxy groups -OCH3 is 1. The Morgan fingerprint density at radius 2 is 2.08 bits per heavy atom. The third-order valence-corrected chi connectivity index (χ3v) is 7.07. The van der Waals surface area contributed by atoms with Crippen LogP contribution in [0.1, 0.15) is 18.4 Å². The van der Waals surface area contributed by atoms with Gasteiger partial charge in [-0.1, -0.05) is 18.7 Å². The van der Waals surface area contributed by atoms with Gasteiger partial charge >= 0.3 is 0 Å². The maximum atomic E-state index is 12.2. The number of carbonyl (C=O) groups is 1. The summed E-state index contributed by atoms with van der Waals surface area (Å²) < 4.78 is 13.7. The molecule has 2 aliphatic rings. The molecule has 10 heteroatoms. The van der Waals surface area contributed by atoms with E-state index in [9.17, 15) is 10.1 Å². The predicted molar refractivity (Wildman–Crippen MR) is 150 cm³/mol. The number of ether oxygens (including phenoxy) is 2. The summed E-state index contributed by atoms with van der Waals surface area (Å²) in [5, 5.41) is 17.0. The average molecular weight is 522 g/mol. The van der Waals surface area contributed by atoms with E-state index < -0.39 is 0 Å². The van der Waals surface area contributed by atoms with Crippen molar-refractivity contribution in [3.05, 3.63) is 60.9 Å². The monoisotopic (exact) mass is 521 g/mol. The van der Waals surface area contributed by atoms with Crippen LogP contribution in [-0.4, -0.2) is 47.2 Å². The molecule has 6 rings (SSSR count). The largest absolute Gasteiger partial charge is 0.494 e. The number of rotatable bonds is 7. The molecule has 1 saturated heterocycles. The van der Waals surface area contributed by atoms with E-state index in [0.29, 0.717) is 47.5 Å². The third-order valence-electron chi connectivity index (χ3n) is 7.07. The number of para-hydroxylation sites is 1. The van der Waals surface area contributed by atoms with Gasteiger partial charge < -0.3 is 29.6 Å². The van der Waals surface area contributed by atoms with Crippen LogP contribution in [0.3, 0.4) is 0 Å². The molecule has 4 aromatic rings. The Morgan fingerprint density at radius 1 is 1.23 bits per heavy atom. The minimum atomic E-state index is -0.305. The number of carbonyl (C=O) groups excluding carboxylic acids is 1. The van der Waals surface area contributed by atoms with Gasteiger partial charge in [0.05, 0.1) is 53.7 Å². The predicted octanol–water partition coefficient (Wildman–Crippen LogP) is 4.84. The normalized spacial score (nSPS) is 14.0. The molecule has 0 bridgehead atoms. The van der Waals surface area contributed by atoms with Crippen LogP contribution in [0.25, 0.3) is 22.2 Å². The zero-order chi connectivity index (χ0) is 26.9. The van der Waals surface area contributed by atoms with Crippen molar-refractivity contribution in [3.63, 3.8) is 0 Å². The van der Waals surface area contributed by atoms with Crippen LogP contribution in [0.15, 0.2) is 55.4 Å². The van der Waals surface area contributed by atoms with E-state index in [1.165, 1.54) is 12.3 Å². The standard InChI is InChI=1S/C29H27N7O3/c1-3-26(37)32-21-13-22(25(38-2)14-23(21)35-9-4-5-10-35)33-29-31-16-18(15-30)27(34-29)20-17-36-11-12-39-24-8-6-7-19(20)28(24)36/h3,6-8,13-14,16-17H,1,4-5,9-12H2,2H3,(H,32,37)(H,31,33,34). The van der Waals surface area contributed by atoms with Crippen LogP contribution in [-0.2, 0) is 11.3 Å². The molecule has 0 spiro atoms. The van der Waals surface area contributed by atoms with Crippen LogP contribution in [0.5, 0.6) is 11.5 Å². The van der Waals surface area contributed by atoms with Gasteiger partial charge in [-0.3, -0.25) is 4.79 Å². The van der Waals surface area contributed by atoms with Gasteiger partial charge in [0, 0.05) is 36.3 Å². The number of nitriles is 1. The van der Waals surface area contributed by atoms with Crippen molar-refractivity contribution in [1.82, 2.24) is 14.5 Å². The second kappa shape index (κ2) is 10.0. The van der Waals surface area contributed by atoms with Crippen molar-refractivity contribution in [2.24, 2.45) is 0 Å². The Bertz CT molecular complexity index is 1650. The molecule has 2 aliphatic heterocycles. The minimum absolute atomic E-state index is 0.292. The summed E-state index contributed by atoms with van der Waals surface area (Å²) in [6, 6.07) is 11.8. The van der Waals surface area contributed by atoms with Crippen molar-refractivity contribution < 1.29 is 14.3 Å². The molecule has 0 radical (unpaired) electrons. The smallest absolute Gasteiger partial charge is 0.247 e.